The molecule has 1 amide bonds. The Morgan fingerprint density at radius 1 is 1.24 bits per heavy atom. The van der Waals surface area contributed by atoms with Gasteiger partial charge in [-0.2, -0.15) is 0 Å². The van der Waals surface area contributed by atoms with Crippen LogP contribution in [0.4, 0.5) is 14.9 Å². The van der Waals surface area contributed by atoms with Crippen LogP contribution in [0.5, 0.6) is 5.75 Å². The fourth-order valence-corrected chi connectivity index (χ4v) is 4.26. The number of amides is 1. The van der Waals surface area contributed by atoms with E-state index in [4.69, 9.17) is 14.9 Å². The highest BCUT2D eigenvalue weighted by molar-refractivity contribution is 7.92. The van der Waals surface area contributed by atoms with E-state index in [0.29, 0.717) is 0 Å². The number of nitrogens with zero attached hydrogens (tertiary/aromatic N) is 1. The number of furan rings is 1. The van der Waals surface area contributed by atoms with E-state index in [9.17, 15) is 27.5 Å². The van der Waals surface area contributed by atoms with E-state index >= 15 is 0 Å². The van der Waals surface area contributed by atoms with Gasteiger partial charge in [-0.1, -0.05) is 0 Å². The number of sulfonamides is 1. The van der Waals surface area contributed by atoms with Crippen LogP contribution in [0, 0.1) is 5.82 Å². The van der Waals surface area contributed by atoms with Crippen molar-refractivity contribution in [3.8, 4) is 17.1 Å². The summed E-state index contributed by atoms with van der Waals surface area (Å²) in [6, 6.07) is 7.63. The molecule has 0 saturated carbocycles. The van der Waals surface area contributed by atoms with Crippen molar-refractivity contribution in [2.75, 3.05) is 24.2 Å². The second-order valence-electron chi connectivity index (χ2n) is 7.18. The van der Waals surface area contributed by atoms with Gasteiger partial charge in [0, 0.05) is 17.0 Å². The molecule has 1 unspecified atom stereocenters. The Bertz CT molecular complexity index is 1320. The highest BCUT2D eigenvalue weighted by Gasteiger charge is 2.29. The molecule has 2 aromatic carbocycles. The molecular formula is C21H21FN2O8S. The summed E-state index contributed by atoms with van der Waals surface area (Å²) in [6.07, 6.45) is -1.39. The monoisotopic (exact) mass is 480 g/mol. The predicted octanol–water partition coefficient (Wildman–Crippen LogP) is 2.63. The molecule has 12 heteroatoms. The zero-order chi connectivity index (χ0) is 24.5. The molecule has 176 valence electrons. The minimum absolute atomic E-state index is 0.0353. The molecular weight excluding hydrogens is 459 g/mol. The molecule has 0 spiro atoms. The van der Waals surface area contributed by atoms with Crippen LogP contribution in [0.2, 0.25) is 0 Å². The van der Waals surface area contributed by atoms with Crippen LogP contribution < -0.4 is 14.8 Å². The van der Waals surface area contributed by atoms with Crippen LogP contribution >= 0.6 is 0 Å². The van der Waals surface area contributed by atoms with Gasteiger partial charge < -0.3 is 24.7 Å². The lowest BCUT2D eigenvalue weighted by Gasteiger charge is -2.25. The first-order valence-electron chi connectivity index (χ1n) is 9.50. The van der Waals surface area contributed by atoms with Crippen LogP contribution in [0.15, 0.2) is 40.8 Å². The van der Waals surface area contributed by atoms with Crippen molar-refractivity contribution in [1.29, 1.82) is 0 Å². The second-order valence-corrected chi connectivity index (χ2v) is 9.09. The summed E-state index contributed by atoms with van der Waals surface area (Å²) in [4.78, 5) is 23.9. The Morgan fingerprint density at radius 2 is 1.88 bits per heavy atom. The highest BCUT2D eigenvalue weighted by Crippen LogP contribution is 2.41. The third-order valence-electron chi connectivity index (χ3n) is 4.59. The van der Waals surface area contributed by atoms with Crippen LogP contribution in [0.1, 0.15) is 17.3 Å². The number of fused-ring (bicyclic) bond motifs is 1. The minimum atomic E-state index is -3.85. The number of nitrogens with two attached hydrogens (primary N) is 1. The van der Waals surface area contributed by atoms with E-state index < -0.39 is 34.0 Å². The van der Waals surface area contributed by atoms with Crippen LogP contribution in [0.3, 0.4) is 0 Å². The molecule has 1 aromatic heterocycles. The molecule has 0 fully saturated rings. The molecule has 1 atom stereocenters. The summed E-state index contributed by atoms with van der Waals surface area (Å²) < 4.78 is 54.8. The van der Waals surface area contributed by atoms with E-state index in [1.54, 1.807) is 0 Å². The van der Waals surface area contributed by atoms with Gasteiger partial charge in [0.05, 0.1) is 31.7 Å². The standard InChI is InChI=1S/C21H21FN2O8S/c1-11(25)10-24(33(3,28)29)15-9-16-14(8-17(15)30-2)18(20(26)32-21(23)27)19(31-16)12-4-6-13(22)7-5-12/h4-9,11,25H,10H2,1-3H3,(H2,23,27). The Hall–Kier alpha value is -3.64. The number of carbonyl (C=O) groups excluding carboxylic acids is 2. The maximum atomic E-state index is 13.4. The first-order valence-corrected chi connectivity index (χ1v) is 11.3. The highest BCUT2D eigenvalue weighted by atomic mass is 32.2. The molecule has 3 aromatic rings. The molecule has 0 aliphatic rings. The van der Waals surface area contributed by atoms with Crippen molar-refractivity contribution in [2.45, 2.75) is 13.0 Å². The lowest BCUT2D eigenvalue weighted by atomic mass is 10.0. The lowest BCUT2D eigenvalue weighted by molar-refractivity contribution is 0.0640. The largest absolute Gasteiger partial charge is 0.495 e. The third kappa shape index (κ3) is 5.07. The number of anilines is 1. The molecule has 3 rings (SSSR count). The van der Waals surface area contributed by atoms with E-state index in [1.165, 1.54) is 38.3 Å². The zero-order valence-electron chi connectivity index (χ0n) is 17.9. The van der Waals surface area contributed by atoms with E-state index in [1.807, 2.05) is 0 Å². The van der Waals surface area contributed by atoms with Gasteiger partial charge in [0.15, 0.2) is 0 Å². The van der Waals surface area contributed by atoms with Gasteiger partial charge in [0.2, 0.25) is 10.0 Å². The molecule has 0 saturated heterocycles. The summed E-state index contributed by atoms with van der Waals surface area (Å²) in [6.45, 7) is 1.14. The van der Waals surface area contributed by atoms with Gasteiger partial charge in [0.25, 0.3) is 0 Å². The normalized spacial score (nSPS) is 12.4. The SMILES string of the molecule is COc1cc2c(C(=O)OC(N)=O)c(-c3ccc(F)cc3)oc2cc1N(CC(C)O)S(C)(=O)=O. The molecule has 1 heterocycles. The summed E-state index contributed by atoms with van der Waals surface area (Å²) in [5.74, 6) is -1.67. The zero-order valence-corrected chi connectivity index (χ0v) is 18.7. The van der Waals surface area contributed by atoms with Gasteiger partial charge in [-0.25, -0.2) is 22.4 Å². The molecule has 0 aliphatic heterocycles. The number of hydrogen-bond acceptors (Lipinski definition) is 8. The number of primary amides is 1. The first-order chi connectivity index (χ1) is 15.4. The second kappa shape index (κ2) is 9.08. The number of halogens is 1. The number of benzene rings is 2. The fourth-order valence-electron chi connectivity index (χ4n) is 3.27. The quantitative estimate of drug-likeness (QED) is 0.387. The van der Waals surface area contributed by atoms with Gasteiger partial charge in [-0.05, 0) is 37.3 Å². The van der Waals surface area contributed by atoms with E-state index in [-0.39, 0.29) is 45.8 Å². The molecule has 0 aliphatic carbocycles. The van der Waals surface area contributed by atoms with Gasteiger partial charge in [0.1, 0.15) is 28.5 Å². The Labute approximate surface area is 188 Å². The Morgan fingerprint density at radius 3 is 2.39 bits per heavy atom. The Balaban J connectivity index is 2.33. The average molecular weight is 480 g/mol. The minimum Gasteiger partial charge on any atom is -0.495 e. The van der Waals surface area contributed by atoms with Crippen molar-refractivity contribution >= 4 is 38.7 Å². The van der Waals surface area contributed by atoms with Gasteiger partial charge in [-0.15, -0.1) is 0 Å². The predicted molar refractivity (Wildman–Crippen MR) is 117 cm³/mol. The molecule has 33 heavy (non-hydrogen) atoms. The molecule has 10 nitrogen and oxygen atoms in total. The summed E-state index contributed by atoms with van der Waals surface area (Å²) >= 11 is 0. The summed E-state index contributed by atoms with van der Waals surface area (Å²) in [5, 5.41) is 9.93. The van der Waals surface area contributed by atoms with Crippen molar-refractivity contribution in [2.24, 2.45) is 5.73 Å². The maximum absolute atomic E-state index is 13.4. The third-order valence-corrected chi connectivity index (χ3v) is 5.74. The number of aliphatic hydroxyl groups excluding tert-OH is 1. The average Bonchev–Trinajstić information content (AvgIpc) is 3.08. The Kier molecular flexibility index (Phi) is 6.60. The van der Waals surface area contributed by atoms with Crippen molar-refractivity contribution in [3.63, 3.8) is 0 Å². The number of carbonyl (C=O) groups is 2. The van der Waals surface area contributed by atoms with Crippen LogP contribution in [-0.4, -0.2) is 51.6 Å². The number of esters is 1. The summed E-state index contributed by atoms with van der Waals surface area (Å²) in [7, 11) is -2.56. The smallest absolute Gasteiger partial charge is 0.412 e. The summed E-state index contributed by atoms with van der Waals surface area (Å²) in [5.41, 5.74) is 5.16. The van der Waals surface area contributed by atoms with E-state index in [0.717, 1.165) is 22.7 Å². The fraction of sp³-hybridized carbons (Fsp3) is 0.238. The number of methoxy groups -OCH3 is 1. The topological polar surface area (TPSA) is 149 Å². The van der Waals surface area contributed by atoms with Gasteiger partial charge in [-0.3, -0.25) is 4.31 Å². The van der Waals surface area contributed by atoms with E-state index in [2.05, 4.69) is 4.74 Å². The number of ether oxygens (including phenoxy) is 2. The van der Waals surface area contributed by atoms with Crippen molar-refractivity contribution in [1.82, 2.24) is 0 Å². The molecule has 0 bridgehead atoms. The van der Waals surface area contributed by atoms with Gasteiger partial charge >= 0.3 is 12.1 Å². The van der Waals surface area contributed by atoms with Crippen molar-refractivity contribution < 1.29 is 41.4 Å². The number of hydrogen-bond donors (Lipinski definition) is 2. The van der Waals surface area contributed by atoms with Crippen LogP contribution in [-0.2, 0) is 14.8 Å². The lowest BCUT2D eigenvalue weighted by Crippen LogP contribution is -2.36. The number of rotatable bonds is 7. The van der Waals surface area contributed by atoms with Crippen LogP contribution in [0.25, 0.3) is 22.3 Å². The first kappa shape index (κ1) is 24.0. The molecule has 0 radical (unpaired) electrons. The van der Waals surface area contributed by atoms with Crippen molar-refractivity contribution in [3.05, 3.63) is 47.8 Å². The maximum Gasteiger partial charge on any atom is 0.412 e. The number of aliphatic hydroxyl groups is 1. The molecule has 3 N–H and O–H groups in total.